The minimum atomic E-state index is -1.93. The molecule has 0 aromatic carbocycles. The quantitative estimate of drug-likeness (QED) is 0.348. The fourth-order valence-electron chi connectivity index (χ4n) is 0.735. The molecule has 0 radical (unpaired) electrons. The van der Waals surface area contributed by atoms with Gasteiger partial charge >= 0.3 is 0 Å². The Morgan fingerprint density at radius 2 is 1.59 bits per heavy atom. The summed E-state index contributed by atoms with van der Waals surface area (Å²) in [5.74, 6) is 1.63. The molecule has 104 valence electrons. The molecule has 0 rings (SSSR count). The fourth-order valence-corrected chi connectivity index (χ4v) is 10.7. The van der Waals surface area contributed by atoms with Crippen LogP contribution in [0.25, 0.3) is 0 Å². The second kappa shape index (κ2) is 10.1. The van der Waals surface area contributed by atoms with Crippen molar-refractivity contribution in [1.82, 2.24) is 0 Å². The van der Waals surface area contributed by atoms with Crippen LogP contribution >= 0.6 is 66.6 Å². The third-order valence-corrected chi connectivity index (χ3v) is 12.9. The Bertz CT molecular complexity index is 240. The molecule has 0 heterocycles. The highest BCUT2D eigenvalue weighted by atomic mass is 79.9. The van der Waals surface area contributed by atoms with Crippen molar-refractivity contribution in [3.05, 3.63) is 0 Å². The van der Waals surface area contributed by atoms with Crippen molar-refractivity contribution in [2.75, 3.05) is 16.8 Å². The van der Waals surface area contributed by atoms with Gasteiger partial charge in [0.1, 0.15) is 0 Å². The van der Waals surface area contributed by atoms with Crippen molar-refractivity contribution in [3.63, 3.8) is 0 Å². The second-order valence-electron chi connectivity index (χ2n) is 3.67. The van der Waals surface area contributed by atoms with Gasteiger partial charge in [0, 0.05) is 27.6 Å². The predicted molar refractivity (Wildman–Crippen MR) is 94.2 cm³/mol. The van der Waals surface area contributed by atoms with Gasteiger partial charge in [-0.3, -0.25) is 0 Å². The topological polar surface area (TPSA) is 9.23 Å². The first-order valence-corrected chi connectivity index (χ1v) is 13.1. The Kier molecular flexibility index (Phi) is 11.6. The lowest BCUT2D eigenvalue weighted by atomic mass is 10.5. The van der Waals surface area contributed by atoms with E-state index in [1.807, 2.05) is 20.8 Å². The van der Waals surface area contributed by atoms with Crippen LogP contribution in [0.1, 0.15) is 20.8 Å². The molecule has 0 aliphatic heterocycles. The van der Waals surface area contributed by atoms with Gasteiger partial charge in [-0.1, -0.05) is 38.7 Å². The lowest BCUT2D eigenvalue weighted by molar-refractivity contribution is 0.288. The maximum atomic E-state index is 5.98. The number of hydrogen-bond donors (Lipinski definition) is 0. The lowest BCUT2D eigenvalue weighted by Crippen LogP contribution is -2.07. The van der Waals surface area contributed by atoms with E-state index in [1.165, 1.54) is 0 Å². The molecular formula is C9H18BrCl2OPS3. The van der Waals surface area contributed by atoms with Crippen molar-refractivity contribution in [1.29, 1.82) is 0 Å². The van der Waals surface area contributed by atoms with E-state index < -0.39 is 4.67 Å². The molecule has 0 saturated heterocycles. The minimum Gasteiger partial charge on any atom is -0.330 e. The second-order valence-corrected chi connectivity index (χ2v) is 16.4. The monoisotopic (exact) mass is 418 g/mol. The smallest absolute Gasteiger partial charge is 0.175 e. The Hall–Kier alpha value is 2.37. The Morgan fingerprint density at radius 3 is 1.88 bits per heavy atom. The van der Waals surface area contributed by atoms with Gasteiger partial charge in [0.2, 0.25) is 0 Å². The lowest BCUT2D eigenvalue weighted by Gasteiger charge is -2.25. The number of halogens is 3. The highest BCUT2D eigenvalue weighted by molar-refractivity contribution is 9.09. The first-order valence-electron chi connectivity index (χ1n) is 5.20. The van der Waals surface area contributed by atoms with E-state index in [0.717, 1.165) is 16.8 Å². The molecule has 17 heavy (non-hydrogen) atoms. The van der Waals surface area contributed by atoms with E-state index in [0.29, 0.717) is 0 Å². The highest BCUT2D eigenvalue weighted by Crippen LogP contribution is 2.71. The van der Waals surface area contributed by atoms with Gasteiger partial charge < -0.3 is 4.52 Å². The zero-order chi connectivity index (χ0) is 13.5. The Labute approximate surface area is 136 Å². The van der Waals surface area contributed by atoms with E-state index in [9.17, 15) is 0 Å². The third kappa shape index (κ3) is 10.8. The molecule has 0 aromatic rings. The standard InChI is InChI=1S/C9H18BrCl2OPS3/c1-7(11)5-16-14(15,13-9(3)4-10)17-6-8(2)12/h7-9H,4-6H2,1-3H3. The average Bonchev–Trinajstić information content (AvgIpc) is 2.24. The van der Waals surface area contributed by atoms with Crippen LogP contribution in [0.2, 0.25) is 0 Å². The Balaban J connectivity index is 4.39. The SMILES string of the molecule is CC(Cl)CSP(=S)(OC(C)CBr)SCC(C)Cl. The van der Waals surface area contributed by atoms with E-state index in [4.69, 9.17) is 39.5 Å². The molecule has 0 aromatic heterocycles. The summed E-state index contributed by atoms with van der Waals surface area (Å²) in [5, 5.41) is 1.01. The summed E-state index contributed by atoms with van der Waals surface area (Å²) in [6.07, 6.45) is 0.122. The maximum Gasteiger partial charge on any atom is 0.175 e. The minimum absolute atomic E-state index is 0.110. The normalized spacial score (nSPS) is 20.6. The zero-order valence-corrected chi connectivity index (χ0v) is 16.5. The largest absolute Gasteiger partial charge is 0.330 e. The molecule has 8 heteroatoms. The van der Waals surface area contributed by atoms with E-state index >= 15 is 0 Å². The summed E-state index contributed by atoms with van der Waals surface area (Å²) in [6.45, 7) is 5.96. The van der Waals surface area contributed by atoms with Crippen molar-refractivity contribution in [2.45, 2.75) is 37.6 Å². The average molecular weight is 420 g/mol. The summed E-state index contributed by atoms with van der Waals surface area (Å²) in [5.41, 5.74) is 0. The molecular weight excluding hydrogens is 402 g/mol. The fraction of sp³-hybridized carbons (Fsp3) is 1.00. The molecule has 0 N–H and O–H groups in total. The van der Waals surface area contributed by atoms with Crippen molar-refractivity contribution in [2.24, 2.45) is 0 Å². The highest BCUT2D eigenvalue weighted by Gasteiger charge is 2.23. The molecule has 3 atom stereocenters. The Morgan fingerprint density at radius 1 is 1.18 bits per heavy atom. The van der Waals surface area contributed by atoms with Gasteiger partial charge in [0.25, 0.3) is 0 Å². The van der Waals surface area contributed by atoms with E-state index in [-0.39, 0.29) is 16.9 Å². The number of hydrogen-bond acceptors (Lipinski definition) is 4. The molecule has 0 spiro atoms. The molecule has 0 fully saturated rings. The molecule has 0 amide bonds. The van der Waals surface area contributed by atoms with Gasteiger partial charge in [-0.05, 0) is 32.6 Å². The zero-order valence-electron chi connectivity index (χ0n) is 10.1. The first-order chi connectivity index (χ1) is 7.79. The predicted octanol–water partition coefficient (Wildman–Crippen LogP) is 5.73. The molecule has 1 nitrogen and oxygen atoms in total. The van der Waals surface area contributed by atoms with Crippen LogP contribution in [0.4, 0.5) is 0 Å². The van der Waals surface area contributed by atoms with Gasteiger partial charge in [0.05, 0.1) is 6.10 Å². The van der Waals surface area contributed by atoms with Crippen LogP contribution < -0.4 is 0 Å². The van der Waals surface area contributed by atoms with Crippen LogP contribution in [-0.2, 0) is 16.3 Å². The molecule has 0 saturated carbocycles. The van der Waals surface area contributed by atoms with E-state index in [2.05, 4.69) is 15.9 Å². The van der Waals surface area contributed by atoms with E-state index in [1.54, 1.807) is 22.8 Å². The summed E-state index contributed by atoms with van der Waals surface area (Å²) < 4.78 is 4.04. The molecule has 0 bridgehead atoms. The van der Waals surface area contributed by atoms with Crippen LogP contribution in [0, 0.1) is 0 Å². The van der Waals surface area contributed by atoms with Crippen molar-refractivity contribution < 1.29 is 4.52 Å². The molecule has 0 aliphatic carbocycles. The molecule has 0 aliphatic rings. The van der Waals surface area contributed by atoms with Crippen LogP contribution in [-0.4, -0.2) is 33.7 Å². The van der Waals surface area contributed by atoms with Crippen LogP contribution in [0.5, 0.6) is 0 Å². The maximum absolute atomic E-state index is 5.98. The number of rotatable bonds is 9. The van der Waals surface area contributed by atoms with Gasteiger partial charge in [0.15, 0.2) is 4.67 Å². The summed E-state index contributed by atoms with van der Waals surface area (Å²) in [4.78, 5) is 0. The van der Waals surface area contributed by atoms with Gasteiger partial charge in [-0.15, -0.1) is 23.2 Å². The van der Waals surface area contributed by atoms with Crippen molar-refractivity contribution >= 4 is 78.4 Å². The molecule has 3 unspecified atom stereocenters. The summed E-state index contributed by atoms with van der Waals surface area (Å²) in [6, 6.07) is 0. The third-order valence-electron chi connectivity index (χ3n) is 1.45. The van der Waals surface area contributed by atoms with Gasteiger partial charge in [-0.2, -0.15) is 0 Å². The van der Waals surface area contributed by atoms with Crippen LogP contribution in [0.15, 0.2) is 0 Å². The summed E-state index contributed by atoms with van der Waals surface area (Å²) in [7, 11) is 0. The van der Waals surface area contributed by atoms with Crippen molar-refractivity contribution in [3.8, 4) is 0 Å². The summed E-state index contributed by atoms with van der Waals surface area (Å²) >= 11 is 24.3. The van der Waals surface area contributed by atoms with Gasteiger partial charge in [-0.25, -0.2) is 0 Å². The number of alkyl halides is 3. The first kappa shape index (κ1) is 19.4. The van der Waals surface area contributed by atoms with Crippen LogP contribution in [0.3, 0.4) is 0 Å².